The molecule has 63 valence electrons. The van der Waals surface area contributed by atoms with Crippen molar-refractivity contribution in [2.45, 2.75) is 54.3 Å². The summed E-state index contributed by atoms with van der Waals surface area (Å²) in [5.41, 5.74) is 0. The highest BCUT2D eigenvalue weighted by Gasteiger charge is 2.36. The van der Waals surface area contributed by atoms with Crippen molar-refractivity contribution in [2.24, 2.45) is 0 Å². The molecule has 2 aliphatic carbocycles. The Morgan fingerprint density at radius 1 is 1.09 bits per heavy atom. The summed E-state index contributed by atoms with van der Waals surface area (Å²) in [7, 11) is 0. The van der Waals surface area contributed by atoms with E-state index < -0.39 is 0 Å². The molecule has 0 aliphatic heterocycles. The van der Waals surface area contributed by atoms with Crippen molar-refractivity contribution in [1.29, 1.82) is 0 Å². The van der Waals surface area contributed by atoms with Gasteiger partial charge in [0.1, 0.15) is 0 Å². The lowest BCUT2D eigenvalue weighted by molar-refractivity contribution is 0.492. The highest BCUT2D eigenvalue weighted by molar-refractivity contribution is 8.12. The first-order valence-corrected chi connectivity index (χ1v) is 5.96. The molecule has 0 aromatic rings. The normalized spacial score (nSPS) is 30.3. The van der Waals surface area contributed by atoms with E-state index in [0.29, 0.717) is 0 Å². The summed E-state index contributed by atoms with van der Waals surface area (Å²) >= 11 is 7.74. The van der Waals surface area contributed by atoms with Crippen LogP contribution in [0.25, 0.3) is 0 Å². The van der Waals surface area contributed by atoms with Gasteiger partial charge in [-0.3, -0.25) is 0 Å². The maximum Gasteiger partial charge on any atom is 0.0717 e. The van der Waals surface area contributed by atoms with Crippen LogP contribution in [0.3, 0.4) is 0 Å². The van der Waals surface area contributed by atoms with Crippen molar-refractivity contribution in [3.8, 4) is 0 Å². The van der Waals surface area contributed by atoms with Crippen LogP contribution in [0.4, 0.5) is 0 Å². The van der Waals surface area contributed by atoms with Gasteiger partial charge in [0.2, 0.25) is 0 Å². The number of thioether (sulfide) groups is 1. The molecule has 0 atom stereocenters. The van der Waals surface area contributed by atoms with Crippen LogP contribution < -0.4 is 0 Å². The molecule has 2 saturated carbocycles. The quantitative estimate of drug-likeness (QED) is 0.634. The van der Waals surface area contributed by atoms with E-state index in [1.165, 1.54) is 44.9 Å². The van der Waals surface area contributed by atoms with Crippen LogP contribution in [0.15, 0.2) is 0 Å². The van der Waals surface area contributed by atoms with Crippen LogP contribution >= 0.6 is 24.4 Å². The van der Waals surface area contributed by atoms with E-state index in [9.17, 15) is 0 Å². The average Bonchev–Trinajstić information content (AvgIpc) is 2.72. The second kappa shape index (κ2) is 3.21. The van der Waals surface area contributed by atoms with Gasteiger partial charge in [-0.15, -0.1) is 11.8 Å². The van der Waals surface area contributed by atoms with Crippen LogP contribution in [0.2, 0.25) is 0 Å². The highest BCUT2D eigenvalue weighted by atomic mass is 32.2. The molecular weight excluding hydrogens is 172 g/mol. The zero-order chi connectivity index (χ0) is 7.73. The second-order valence-electron chi connectivity index (χ2n) is 3.79. The van der Waals surface area contributed by atoms with Gasteiger partial charge in [0.25, 0.3) is 0 Å². The Hall–Kier alpha value is 0.700. The molecule has 2 rings (SSSR count). The Bertz CT molecular complexity index is 134. The first-order valence-electron chi connectivity index (χ1n) is 4.67. The standard InChI is InChI=1S/C9H15S2/c10-9(11-8-4-5-8)6-2-1-3-7-9/h8H,1-7H2. The molecule has 2 fully saturated rings. The molecule has 0 saturated heterocycles. The predicted octanol–water partition coefficient (Wildman–Crippen LogP) is 3.74. The monoisotopic (exact) mass is 187 g/mol. The van der Waals surface area contributed by atoms with Crippen LogP contribution in [0.5, 0.6) is 0 Å². The van der Waals surface area contributed by atoms with Crippen molar-refractivity contribution in [3.05, 3.63) is 0 Å². The van der Waals surface area contributed by atoms with E-state index in [1.54, 1.807) is 0 Å². The van der Waals surface area contributed by atoms with E-state index in [-0.39, 0.29) is 4.08 Å². The molecule has 0 amide bonds. The van der Waals surface area contributed by atoms with Gasteiger partial charge < -0.3 is 0 Å². The first kappa shape index (κ1) is 8.31. The summed E-state index contributed by atoms with van der Waals surface area (Å²) in [4.78, 5) is 0. The molecule has 11 heavy (non-hydrogen) atoms. The molecule has 2 aliphatic rings. The van der Waals surface area contributed by atoms with Gasteiger partial charge in [-0.2, -0.15) is 0 Å². The molecule has 2 heteroatoms. The molecule has 0 aromatic carbocycles. The molecule has 0 N–H and O–H groups in total. The van der Waals surface area contributed by atoms with Crippen molar-refractivity contribution in [3.63, 3.8) is 0 Å². The fourth-order valence-electron chi connectivity index (χ4n) is 1.70. The van der Waals surface area contributed by atoms with Gasteiger partial charge in [-0.1, -0.05) is 31.9 Å². The second-order valence-corrected chi connectivity index (χ2v) is 6.51. The summed E-state index contributed by atoms with van der Waals surface area (Å²) in [6, 6.07) is 0. The van der Waals surface area contributed by atoms with E-state index in [2.05, 4.69) is 11.8 Å². The lowest BCUT2D eigenvalue weighted by atomic mass is 10.00. The average molecular weight is 187 g/mol. The minimum Gasteiger partial charge on any atom is -0.140 e. The van der Waals surface area contributed by atoms with Gasteiger partial charge in [-0.05, 0) is 25.7 Å². The zero-order valence-electron chi connectivity index (χ0n) is 6.84. The van der Waals surface area contributed by atoms with Crippen molar-refractivity contribution in [1.82, 2.24) is 0 Å². The molecule has 1 radical (unpaired) electrons. The minimum atomic E-state index is 0.263. The summed E-state index contributed by atoms with van der Waals surface area (Å²) in [6.45, 7) is 0. The third kappa shape index (κ3) is 2.32. The molecule has 0 aromatic heterocycles. The van der Waals surface area contributed by atoms with Gasteiger partial charge in [0.15, 0.2) is 0 Å². The summed E-state index contributed by atoms with van der Waals surface area (Å²) < 4.78 is 0.263. The molecule has 0 unspecified atom stereocenters. The van der Waals surface area contributed by atoms with E-state index in [0.717, 1.165) is 5.25 Å². The Morgan fingerprint density at radius 3 is 2.27 bits per heavy atom. The van der Waals surface area contributed by atoms with Gasteiger partial charge in [0.05, 0.1) is 4.08 Å². The molecule has 0 spiro atoms. The van der Waals surface area contributed by atoms with Crippen molar-refractivity contribution in [2.75, 3.05) is 0 Å². The number of hydrogen-bond acceptors (Lipinski definition) is 1. The zero-order valence-corrected chi connectivity index (χ0v) is 8.48. The first-order chi connectivity index (χ1) is 5.29. The third-order valence-electron chi connectivity index (χ3n) is 2.52. The SMILES string of the molecule is [S]C1(SC2CC2)CCCCC1. The fraction of sp³-hybridized carbons (Fsp3) is 1.00. The van der Waals surface area contributed by atoms with Crippen LogP contribution in [-0.2, 0) is 0 Å². The Morgan fingerprint density at radius 2 is 1.73 bits per heavy atom. The maximum absolute atomic E-state index is 5.63. The summed E-state index contributed by atoms with van der Waals surface area (Å²) in [6.07, 6.45) is 9.63. The van der Waals surface area contributed by atoms with Crippen LogP contribution in [0.1, 0.15) is 44.9 Å². The van der Waals surface area contributed by atoms with E-state index in [1.807, 2.05) is 0 Å². The maximum atomic E-state index is 5.63. The largest absolute Gasteiger partial charge is 0.140 e. The van der Waals surface area contributed by atoms with Crippen molar-refractivity contribution >= 4 is 24.4 Å². The molecule has 0 bridgehead atoms. The van der Waals surface area contributed by atoms with E-state index >= 15 is 0 Å². The summed E-state index contributed by atoms with van der Waals surface area (Å²) in [5, 5.41) is 0.950. The fourth-order valence-corrected chi connectivity index (χ4v) is 3.90. The van der Waals surface area contributed by atoms with Crippen molar-refractivity contribution < 1.29 is 0 Å². The summed E-state index contributed by atoms with van der Waals surface area (Å²) in [5.74, 6) is 0. The minimum absolute atomic E-state index is 0.263. The highest BCUT2D eigenvalue weighted by Crippen LogP contribution is 2.50. The Balaban J connectivity index is 1.84. The number of hydrogen-bond donors (Lipinski definition) is 0. The molecular formula is C9H15S2. The number of rotatable bonds is 2. The van der Waals surface area contributed by atoms with Gasteiger partial charge in [0, 0.05) is 5.25 Å². The lowest BCUT2D eigenvalue weighted by Crippen LogP contribution is -2.21. The van der Waals surface area contributed by atoms with E-state index in [4.69, 9.17) is 12.6 Å². The smallest absolute Gasteiger partial charge is 0.0717 e. The van der Waals surface area contributed by atoms with Gasteiger partial charge in [-0.25, -0.2) is 0 Å². The Labute approximate surface area is 78.9 Å². The molecule has 0 heterocycles. The lowest BCUT2D eigenvalue weighted by Gasteiger charge is -2.30. The van der Waals surface area contributed by atoms with Crippen LogP contribution in [0, 0.1) is 0 Å². The Kier molecular flexibility index (Phi) is 2.43. The predicted molar refractivity (Wildman–Crippen MR) is 54.0 cm³/mol. The third-order valence-corrected chi connectivity index (χ3v) is 4.86. The van der Waals surface area contributed by atoms with Gasteiger partial charge >= 0.3 is 0 Å². The molecule has 0 nitrogen and oxygen atoms in total. The topological polar surface area (TPSA) is 0 Å². The van der Waals surface area contributed by atoms with Crippen LogP contribution in [-0.4, -0.2) is 9.33 Å².